The molecule has 1 aliphatic rings. The number of amides is 2. The van der Waals surface area contributed by atoms with E-state index in [1.54, 1.807) is 12.1 Å². The van der Waals surface area contributed by atoms with Crippen molar-refractivity contribution in [3.05, 3.63) is 73.8 Å². The molecule has 3 rings (SSSR count). The quantitative estimate of drug-likeness (QED) is 0.387. The van der Waals surface area contributed by atoms with E-state index in [1.165, 1.54) is 24.3 Å². The summed E-state index contributed by atoms with van der Waals surface area (Å²) >= 11 is 6.04. The average Bonchev–Trinajstić information content (AvgIpc) is 2.87. The van der Waals surface area contributed by atoms with Crippen LogP contribution in [0.5, 0.6) is 0 Å². The Morgan fingerprint density at radius 2 is 1.85 bits per heavy atom. The van der Waals surface area contributed by atoms with E-state index in [2.05, 4.69) is 5.43 Å². The minimum atomic E-state index is -0.601. The van der Waals surface area contributed by atoms with Gasteiger partial charge in [-0.3, -0.25) is 25.1 Å². The van der Waals surface area contributed by atoms with Gasteiger partial charge in [0.25, 0.3) is 17.5 Å². The number of anilines is 1. The maximum Gasteiger partial charge on any atom is 0.282 e. The van der Waals surface area contributed by atoms with Crippen molar-refractivity contribution in [1.29, 1.82) is 0 Å². The van der Waals surface area contributed by atoms with Crippen LogP contribution in [-0.2, 0) is 9.59 Å². The predicted octanol–water partition coefficient (Wildman–Crippen LogP) is 3.33. The van der Waals surface area contributed by atoms with Crippen molar-refractivity contribution in [2.24, 2.45) is 0 Å². The number of benzene rings is 2. The first kappa shape index (κ1) is 17.6. The Bertz CT molecular complexity index is 984. The van der Waals surface area contributed by atoms with Crippen LogP contribution in [-0.4, -0.2) is 16.7 Å². The van der Waals surface area contributed by atoms with E-state index >= 15 is 0 Å². The van der Waals surface area contributed by atoms with Gasteiger partial charge in [-0.1, -0.05) is 17.7 Å². The van der Waals surface area contributed by atoms with Gasteiger partial charge >= 0.3 is 0 Å². The summed E-state index contributed by atoms with van der Waals surface area (Å²) in [7, 11) is 0. The van der Waals surface area contributed by atoms with Crippen molar-refractivity contribution in [2.45, 2.75) is 13.8 Å². The zero-order chi connectivity index (χ0) is 19.0. The smallest absolute Gasteiger partial charge is 0.267 e. The van der Waals surface area contributed by atoms with Crippen LogP contribution in [0.3, 0.4) is 0 Å². The number of hydrogen-bond donors (Lipinski definition) is 1. The van der Waals surface area contributed by atoms with Gasteiger partial charge < -0.3 is 0 Å². The molecule has 1 aliphatic heterocycles. The monoisotopic (exact) mass is 371 g/mol. The molecule has 132 valence electrons. The molecule has 0 aromatic heterocycles. The summed E-state index contributed by atoms with van der Waals surface area (Å²) in [6.07, 6.45) is 1.26. The minimum Gasteiger partial charge on any atom is -0.267 e. The Balaban J connectivity index is 1.99. The Kier molecular flexibility index (Phi) is 4.48. The molecule has 8 heteroatoms. The number of rotatable bonds is 3. The highest BCUT2D eigenvalue weighted by Gasteiger charge is 2.34. The molecule has 0 bridgehead atoms. The second-order valence-corrected chi connectivity index (χ2v) is 6.28. The number of carbonyl (C=O) groups excluding carboxylic acids is 2. The van der Waals surface area contributed by atoms with Gasteiger partial charge in [-0.25, -0.2) is 5.01 Å². The Morgan fingerprint density at radius 3 is 2.50 bits per heavy atom. The molecule has 0 spiro atoms. The van der Waals surface area contributed by atoms with Gasteiger partial charge in [0.05, 0.1) is 10.6 Å². The first-order valence-electron chi connectivity index (χ1n) is 7.66. The largest absolute Gasteiger partial charge is 0.282 e. The van der Waals surface area contributed by atoms with Crippen molar-refractivity contribution >= 4 is 40.9 Å². The molecule has 0 radical (unpaired) electrons. The van der Waals surface area contributed by atoms with Crippen LogP contribution in [0, 0.1) is 24.0 Å². The van der Waals surface area contributed by atoms with Crippen LogP contribution in [0.4, 0.5) is 11.4 Å². The van der Waals surface area contributed by atoms with Crippen molar-refractivity contribution in [2.75, 3.05) is 5.01 Å². The number of nitro groups is 1. The lowest BCUT2D eigenvalue weighted by Gasteiger charge is -2.15. The molecular weight excluding hydrogens is 358 g/mol. The van der Waals surface area contributed by atoms with E-state index in [1.807, 2.05) is 19.9 Å². The average molecular weight is 372 g/mol. The topological polar surface area (TPSA) is 92.6 Å². The number of halogens is 1. The predicted molar refractivity (Wildman–Crippen MR) is 97.6 cm³/mol. The van der Waals surface area contributed by atoms with Gasteiger partial charge in [-0.05, 0) is 49.2 Å². The molecular formula is C18H14ClN3O4. The first-order chi connectivity index (χ1) is 12.3. The normalized spacial score (nSPS) is 15.5. The van der Waals surface area contributed by atoms with Gasteiger partial charge in [0, 0.05) is 22.7 Å². The highest BCUT2D eigenvalue weighted by molar-refractivity contribution is 6.34. The van der Waals surface area contributed by atoms with Gasteiger partial charge in [0.1, 0.15) is 5.57 Å². The van der Waals surface area contributed by atoms with Crippen LogP contribution in [0.25, 0.3) is 6.08 Å². The Morgan fingerprint density at radius 1 is 1.12 bits per heavy atom. The lowest BCUT2D eigenvalue weighted by molar-refractivity contribution is -0.384. The van der Waals surface area contributed by atoms with Gasteiger partial charge in [-0.15, -0.1) is 0 Å². The fourth-order valence-electron chi connectivity index (χ4n) is 2.51. The van der Waals surface area contributed by atoms with Gasteiger partial charge in [0.2, 0.25) is 0 Å². The maximum atomic E-state index is 12.6. The van der Waals surface area contributed by atoms with Crippen molar-refractivity contribution in [1.82, 2.24) is 5.43 Å². The number of non-ortho nitro benzene ring substituents is 1. The van der Waals surface area contributed by atoms with E-state index in [-0.39, 0.29) is 21.8 Å². The third-order valence-corrected chi connectivity index (χ3v) is 4.47. The summed E-state index contributed by atoms with van der Waals surface area (Å²) in [5.74, 6) is -1.16. The molecule has 1 N–H and O–H groups in total. The highest BCUT2D eigenvalue weighted by Crippen LogP contribution is 2.27. The van der Waals surface area contributed by atoms with Gasteiger partial charge in [-0.2, -0.15) is 0 Å². The summed E-state index contributed by atoms with van der Waals surface area (Å²) < 4.78 is 0. The molecule has 0 atom stereocenters. The molecule has 26 heavy (non-hydrogen) atoms. The molecule has 0 aliphatic carbocycles. The van der Waals surface area contributed by atoms with Crippen molar-refractivity contribution in [3.8, 4) is 0 Å². The SMILES string of the molecule is Cc1ccc(N2NC(=O)/C(=C\c3cc([N+](=O)[O-])ccc3Cl)C2=O)cc1C. The maximum absolute atomic E-state index is 12.6. The van der Waals surface area contributed by atoms with E-state index in [4.69, 9.17) is 11.6 Å². The van der Waals surface area contributed by atoms with Crippen LogP contribution >= 0.6 is 11.6 Å². The number of hydrogen-bond acceptors (Lipinski definition) is 4. The molecule has 2 aromatic rings. The Hall–Kier alpha value is -3.19. The van der Waals surface area contributed by atoms with E-state index < -0.39 is 16.7 Å². The van der Waals surface area contributed by atoms with E-state index in [0.29, 0.717) is 5.69 Å². The molecule has 2 aromatic carbocycles. The molecule has 0 unspecified atom stereocenters. The molecule has 7 nitrogen and oxygen atoms in total. The summed E-state index contributed by atoms with van der Waals surface area (Å²) in [5.41, 5.74) is 4.95. The zero-order valence-electron chi connectivity index (χ0n) is 13.9. The van der Waals surface area contributed by atoms with Crippen molar-refractivity contribution < 1.29 is 14.5 Å². The first-order valence-corrected chi connectivity index (χ1v) is 8.04. The number of nitrogens with one attached hydrogen (secondary N) is 1. The number of carbonyl (C=O) groups is 2. The summed E-state index contributed by atoms with van der Waals surface area (Å²) in [6.45, 7) is 3.85. The number of hydrazine groups is 1. The number of nitrogens with zero attached hydrogens (tertiary/aromatic N) is 2. The second kappa shape index (κ2) is 6.61. The van der Waals surface area contributed by atoms with Crippen LogP contribution in [0.15, 0.2) is 42.0 Å². The van der Waals surface area contributed by atoms with Crippen LogP contribution < -0.4 is 10.4 Å². The Labute approximate surface area is 154 Å². The summed E-state index contributed by atoms with van der Waals surface area (Å²) in [6, 6.07) is 9.19. The summed E-state index contributed by atoms with van der Waals surface area (Å²) in [5, 5.41) is 12.3. The van der Waals surface area contributed by atoms with E-state index in [0.717, 1.165) is 16.1 Å². The van der Waals surface area contributed by atoms with Crippen LogP contribution in [0.1, 0.15) is 16.7 Å². The molecule has 0 saturated carbocycles. The van der Waals surface area contributed by atoms with Gasteiger partial charge in [0.15, 0.2) is 0 Å². The van der Waals surface area contributed by atoms with Crippen molar-refractivity contribution in [3.63, 3.8) is 0 Å². The minimum absolute atomic E-state index is 0.148. The number of nitro benzene ring substituents is 1. The fourth-order valence-corrected chi connectivity index (χ4v) is 2.69. The third kappa shape index (κ3) is 3.16. The third-order valence-electron chi connectivity index (χ3n) is 4.13. The standard InChI is InChI=1S/C18H14ClN3O4/c1-10-3-4-13(7-11(10)2)21-18(24)15(17(23)20-21)9-12-8-14(22(25)26)5-6-16(12)19/h3-9H,1-2H3,(H,20,23)/b15-9+. The molecule has 1 fully saturated rings. The molecule has 1 heterocycles. The second-order valence-electron chi connectivity index (χ2n) is 5.87. The molecule has 1 saturated heterocycles. The van der Waals surface area contributed by atoms with Crippen LogP contribution in [0.2, 0.25) is 5.02 Å². The van der Waals surface area contributed by atoms with E-state index in [9.17, 15) is 19.7 Å². The zero-order valence-corrected chi connectivity index (χ0v) is 14.7. The lowest BCUT2D eigenvalue weighted by Crippen LogP contribution is -2.35. The lowest BCUT2D eigenvalue weighted by atomic mass is 10.1. The molecule has 2 amide bonds. The fraction of sp³-hybridized carbons (Fsp3) is 0.111. The number of aryl methyl sites for hydroxylation is 2. The summed E-state index contributed by atoms with van der Waals surface area (Å²) in [4.78, 5) is 35.2. The highest BCUT2D eigenvalue weighted by atomic mass is 35.5.